The number of hydrogen-bond donors (Lipinski definition) is 0. The highest BCUT2D eigenvalue weighted by atomic mass is 35.5. The molecular formula is C17H22ClNO3. The number of halogens is 1. The molecule has 0 aliphatic carbocycles. The van der Waals surface area contributed by atoms with E-state index in [2.05, 4.69) is 0 Å². The Morgan fingerprint density at radius 2 is 1.95 bits per heavy atom. The van der Waals surface area contributed by atoms with Crippen LogP contribution in [-0.2, 0) is 16.0 Å². The van der Waals surface area contributed by atoms with E-state index in [4.69, 9.17) is 16.3 Å². The minimum atomic E-state index is -0.611. The normalized spacial score (nSPS) is 19.2. The van der Waals surface area contributed by atoms with E-state index in [-0.39, 0.29) is 11.9 Å². The zero-order valence-electron chi connectivity index (χ0n) is 13.3. The third-order valence-corrected chi connectivity index (χ3v) is 3.79. The Morgan fingerprint density at radius 1 is 1.32 bits per heavy atom. The number of likely N-dealkylation sites (tertiary alicyclic amines) is 1. The highest BCUT2D eigenvalue weighted by molar-refractivity contribution is 6.30. The summed E-state index contributed by atoms with van der Waals surface area (Å²) in [6, 6.07) is 7.33. The van der Waals surface area contributed by atoms with Crippen molar-refractivity contribution in [1.29, 1.82) is 0 Å². The molecule has 0 spiro atoms. The van der Waals surface area contributed by atoms with Crippen molar-refractivity contribution in [2.45, 2.75) is 58.1 Å². The van der Waals surface area contributed by atoms with E-state index < -0.39 is 11.7 Å². The van der Waals surface area contributed by atoms with E-state index in [1.165, 1.54) is 4.90 Å². The summed E-state index contributed by atoms with van der Waals surface area (Å²) in [5.41, 5.74) is 0.442. The Labute approximate surface area is 136 Å². The lowest BCUT2D eigenvalue weighted by Gasteiger charge is -2.35. The molecule has 5 heteroatoms. The van der Waals surface area contributed by atoms with Crippen molar-refractivity contribution in [2.24, 2.45) is 0 Å². The van der Waals surface area contributed by atoms with E-state index in [9.17, 15) is 9.59 Å². The van der Waals surface area contributed by atoms with Crippen LogP contribution in [0.3, 0.4) is 0 Å². The molecule has 0 radical (unpaired) electrons. The van der Waals surface area contributed by atoms with Crippen molar-refractivity contribution in [3.8, 4) is 0 Å². The molecule has 0 N–H and O–H groups in total. The molecule has 0 bridgehead atoms. The zero-order chi connectivity index (χ0) is 16.3. The molecular weight excluding hydrogens is 302 g/mol. The van der Waals surface area contributed by atoms with Gasteiger partial charge in [-0.25, -0.2) is 9.69 Å². The van der Waals surface area contributed by atoms with Gasteiger partial charge in [0.05, 0.1) is 0 Å². The molecule has 0 saturated carbocycles. The number of ether oxygens (including phenoxy) is 1. The highest BCUT2D eigenvalue weighted by Gasteiger charge is 2.35. The number of carbonyl (C=O) groups excluding carboxylic acids is 2. The van der Waals surface area contributed by atoms with E-state index in [0.29, 0.717) is 17.9 Å². The van der Waals surface area contributed by atoms with Crippen LogP contribution < -0.4 is 0 Å². The predicted octanol–water partition coefficient (Wildman–Crippen LogP) is 4.20. The Morgan fingerprint density at radius 3 is 2.55 bits per heavy atom. The standard InChI is InChI=1S/C17H22ClNO3/c1-17(2,3)22-16(21)19-14(5-4-6-15(19)20)11-12-7-9-13(18)10-8-12/h7-10,14H,4-6,11H2,1-3H3/t14-/m1/s1. The average molecular weight is 324 g/mol. The third-order valence-electron chi connectivity index (χ3n) is 3.54. The molecule has 120 valence electrons. The zero-order valence-corrected chi connectivity index (χ0v) is 14.0. The first-order valence-electron chi connectivity index (χ1n) is 7.56. The van der Waals surface area contributed by atoms with Crippen LogP contribution in [0.2, 0.25) is 5.02 Å². The van der Waals surface area contributed by atoms with Crippen LogP contribution in [0.4, 0.5) is 4.79 Å². The van der Waals surface area contributed by atoms with Crippen molar-refractivity contribution in [1.82, 2.24) is 4.90 Å². The van der Waals surface area contributed by atoms with Crippen LogP contribution in [0.1, 0.15) is 45.6 Å². The van der Waals surface area contributed by atoms with Gasteiger partial charge in [-0.1, -0.05) is 23.7 Å². The van der Waals surface area contributed by atoms with Gasteiger partial charge in [0.25, 0.3) is 0 Å². The predicted molar refractivity (Wildman–Crippen MR) is 85.9 cm³/mol. The molecule has 1 atom stereocenters. The number of imide groups is 1. The molecule has 1 aliphatic rings. The molecule has 4 nitrogen and oxygen atoms in total. The smallest absolute Gasteiger partial charge is 0.417 e. The fourth-order valence-electron chi connectivity index (χ4n) is 2.59. The number of hydrogen-bond acceptors (Lipinski definition) is 3. The Hall–Kier alpha value is -1.55. The lowest BCUT2D eigenvalue weighted by molar-refractivity contribution is -0.135. The lowest BCUT2D eigenvalue weighted by atomic mass is 9.95. The van der Waals surface area contributed by atoms with E-state index >= 15 is 0 Å². The summed E-state index contributed by atoms with van der Waals surface area (Å²) in [4.78, 5) is 25.8. The number of amides is 2. The topological polar surface area (TPSA) is 46.6 Å². The van der Waals surface area contributed by atoms with Gasteiger partial charge in [0.1, 0.15) is 5.60 Å². The second-order valence-corrected chi connectivity index (χ2v) is 7.06. The molecule has 2 rings (SSSR count). The molecule has 2 amide bonds. The summed E-state index contributed by atoms with van der Waals surface area (Å²) in [5.74, 6) is -0.153. The Bertz CT molecular complexity index is 548. The molecule has 1 heterocycles. The molecule has 0 aromatic heterocycles. The molecule has 22 heavy (non-hydrogen) atoms. The van der Waals surface area contributed by atoms with Gasteiger partial charge >= 0.3 is 6.09 Å². The van der Waals surface area contributed by atoms with Crippen LogP contribution in [0.5, 0.6) is 0 Å². The van der Waals surface area contributed by atoms with Crippen molar-refractivity contribution in [2.75, 3.05) is 0 Å². The molecule has 0 unspecified atom stereocenters. The summed E-state index contributed by atoms with van der Waals surface area (Å²) in [5, 5.41) is 0.674. The van der Waals surface area contributed by atoms with Crippen LogP contribution in [0.15, 0.2) is 24.3 Å². The van der Waals surface area contributed by atoms with Crippen LogP contribution in [0.25, 0.3) is 0 Å². The van der Waals surface area contributed by atoms with Gasteiger partial charge < -0.3 is 4.74 Å². The first-order valence-corrected chi connectivity index (χ1v) is 7.93. The van der Waals surface area contributed by atoms with Gasteiger partial charge in [0.2, 0.25) is 5.91 Å². The van der Waals surface area contributed by atoms with Gasteiger partial charge in [-0.15, -0.1) is 0 Å². The van der Waals surface area contributed by atoms with Gasteiger partial charge in [0, 0.05) is 17.5 Å². The number of nitrogens with zero attached hydrogens (tertiary/aromatic N) is 1. The quantitative estimate of drug-likeness (QED) is 0.819. The largest absolute Gasteiger partial charge is 0.443 e. The van der Waals surface area contributed by atoms with Crippen molar-refractivity contribution >= 4 is 23.6 Å². The summed E-state index contributed by atoms with van der Waals surface area (Å²) in [7, 11) is 0. The Balaban J connectivity index is 2.14. The molecule has 1 aromatic rings. The minimum Gasteiger partial charge on any atom is -0.443 e. The number of carbonyl (C=O) groups is 2. The summed E-state index contributed by atoms with van der Waals surface area (Å²) >= 11 is 5.89. The lowest BCUT2D eigenvalue weighted by Crippen LogP contribution is -2.50. The van der Waals surface area contributed by atoms with Crippen LogP contribution in [0, 0.1) is 0 Å². The summed E-state index contributed by atoms with van der Waals surface area (Å²) < 4.78 is 5.38. The molecule has 1 aromatic carbocycles. The van der Waals surface area contributed by atoms with Gasteiger partial charge in [0.15, 0.2) is 0 Å². The molecule has 1 fully saturated rings. The Kier molecular flexibility index (Phi) is 5.12. The monoisotopic (exact) mass is 323 g/mol. The number of benzene rings is 1. The SMILES string of the molecule is CC(C)(C)OC(=O)N1C(=O)CCC[C@@H]1Cc1ccc(Cl)cc1. The van der Waals surface area contributed by atoms with E-state index in [1.807, 2.05) is 24.3 Å². The molecule has 1 saturated heterocycles. The van der Waals surface area contributed by atoms with Crippen molar-refractivity contribution in [3.05, 3.63) is 34.9 Å². The maximum Gasteiger partial charge on any atom is 0.417 e. The van der Waals surface area contributed by atoms with E-state index in [1.54, 1.807) is 20.8 Å². The third kappa shape index (κ3) is 4.47. The fourth-order valence-corrected chi connectivity index (χ4v) is 2.72. The average Bonchev–Trinajstić information content (AvgIpc) is 2.39. The summed E-state index contributed by atoms with van der Waals surface area (Å²) in [6.45, 7) is 5.40. The van der Waals surface area contributed by atoms with Gasteiger partial charge in [-0.2, -0.15) is 0 Å². The van der Waals surface area contributed by atoms with E-state index in [0.717, 1.165) is 18.4 Å². The summed E-state index contributed by atoms with van der Waals surface area (Å²) in [6.07, 6.45) is 2.08. The number of piperidine rings is 1. The highest BCUT2D eigenvalue weighted by Crippen LogP contribution is 2.24. The van der Waals surface area contributed by atoms with Gasteiger partial charge in [-0.3, -0.25) is 4.79 Å². The maximum absolute atomic E-state index is 12.3. The van der Waals surface area contributed by atoms with Crippen LogP contribution >= 0.6 is 11.6 Å². The van der Waals surface area contributed by atoms with Crippen LogP contribution in [-0.4, -0.2) is 28.5 Å². The molecule has 1 aliphatic heterocycles. The fraction of sp³-hybridized carbons (Fsp3) is 0.529. The maximum atomic E-state index is 12.3. The minimum absolute atomic E-state index is 0.153. The second-order valence-electron chi connectivity index (χ2n) is 6.62. The number of rotatable bonds is 2. The van der Waals surface area contributed by atoms with Crippen molar-refractivity contribution < 1.29 is 14.3 Å². The first kappa shape index (κ1) is 16.8. The second kappa shape index (κ2) is 6.69. The van der Waals surface area contributed by atoms with Crippen molar-refractivity contribution in [3.63, 3.8) is 0 Å². The van der Waals surface area contributed by atoms with Gasteiger partial charge in [-0.05, 0) is 57.7 Å². The first-order chi connectivity index (χ1) is 10.3.